The molecule has 0 spiro atoms. The monoisotopic (exact) mass is 315 g/mol. The van der Waals surface area contributed by atoms with Crippen molar-refractivity contribution in [1.82, 2.24) is 15.6 Å². The van der Waals surface area contributed by atoms with Crippen LogP contribution in [0.2, 0.25) is 0 Å². The molecule has 0 aromatic carbocycles. The van der Waals surface area contributed by atoms with E-state index in [2.05, 4.69) is 15.6 Å². The Morgan fingerprint density at radius 1 is 0.870 bits per heavy atom. The van der Waals surface area contributed by atoms with E-state index in [1.54, 1.807) is 18.3 Å². The molecule has 0 bridgehead atoms. The lowest BCUT2D eigenvalue weighted by Crippen LogP contribution is -2.37. The van der Waals surface area contributed by atoms with Crippen molar-refractivity contribution in [3.8, 4) is 0 Å². The first-order chi connectivity index (χ1) is 11.2. The summed E-state index contributed by atoms with van der Waals surface area (Å²) in [6, 6.07) is 3.79. The Morgan fingerprint density at radius 2 is 1.43 bits per heavy atom. The van der Waals surface area contributed by atoms with Crippen molar-refractivity contribution in [2.45, 2.75) is 69.9 Å². The third-order valence-electron chi connectivity index (χ3n) is 4.89. The van der Waals surface area contributed by atoms with Gasteiger partial charge in [-0.15, -0.1) is 0 Å². The zero-order valence-electron chi connectivity index (χ0n) is 13.5. The first-order valence-corrected chi connectivity index (χ1v) is 8.80. The van der Waals surface area contributed by atoms with E-state index in [1.165, 1.54) is 32.1 Å². The van der Waals surface area contributed by atoms with Gasteiger partial charge in [-0.2, -0.15) is 0 Å². The molecule has 2 fully saturated rings. The first-order valence-electron chi connectivity index (χ1n) is 8.80. The zero-order chi connectivity index (χ0) is 16.1. The Morgan fingerprint density at radius 3 is 2.09 bits per heavy atom. The molecule has 5 nitrogen and oxygen atoms in total. The normalized spacial score (nSPS) is 19.5. The van der Waals surface area contributed by atoms with Gasteiger partial charge in [-0.05, 0) is 37.8 Å². The Bertz CT molecular complexity index is 561. The highest BCUT2D eigenvalue weighted by molar-refractivity contribution is 5.98. The Kier molecular flexibility index (Phi) is 5.26. The molecule has 0 saturated heterocycles. The fourth-order valence-electron chi connectivity index (χ4n) is 3.54. The van der Waals surface area contributed by atoms with Gasteiger partial charge < -0.3 is 10.6 Å². The van der Waals surface area contributed by atoms with Gasteiger partial charge in [0.25, 0.3) is 11.8 Å². The number of carbonyl (C=O) groups excluding carboxylic acids is 2. The van der Waals surface area contributed by atoms with Gasteiger partial charge in [0, 0.05) is 23.8 Å². The maximum Gasteiger partial charge on any atom is 0.270 e. The smallest absolute Gasteiger partial charge is 0.270 e. The predicted octanol–water partition coefficient (Wildman–Crippen LogP) is 2.82. The molecule has 0 radical (unpaired) electrons. The molecule has 0 unspecified atom stereocenters. The number of carbonyl (C=O) groups is 2. The zero-order valence-corrected chi connectivity index (χ0v) is 13.5. The number of nitrogens with zero attached hydrogens (tertiary/aromatic N) is 1. The third kappa shape index (κ3) is 4.30. The molecule has 3 rings (SSSR count). The molecule has 2 N–H and O–H groups in total. The standard InChI is InChI=1S/C18H25N3O2/c22-17(20-14-8-4-5-9-14)13-10-11-19-16(12-13)18(23)21-15-6-2-1-3-7-15/h10-12,14-15H,1-9H2,(H,20,22)(H,21,23). The molecule has 23 heavy (non-hydrogen) atoms. The summed E-state index contributed by atoms with van der Waals surface area (Å²) in [4.78, 5) is 28.7. The number of hydrogen-bond donors (Lipinski definition) is 2. The van der Waals surface area contributed by atoms with E-state index in [4.69, 9.17) is 0 Å². The van der Waals surface area contributed by atoms with E-state index < -0.39 is 0 Å². The molecule has 2 aliphatic carbocycles. The Balaban J connectivity index is 1.61. The highest BCUT2D eigenvalue weighted by atomic mass is 16.2. The minimum Gasteiger partial charge on any atom is -0.349 e. The van der Waals surface area contributed by atoms with E-state index in [1.807, 2.05) is 0 Å². The molecule has 2 aliphatic rings. The van der Waals surface area contributed by atoms with Crippen molar-refractivity contribution in [2.24, 2.45) is 0 Å². The van der Waals surface area contributed by atoms with Gasteiger partial charge in [0.2, 0.25) is 0 Å². The average Bonchev–Trinajstić information content (AvgIpc) is 3.09. The van der Waals surface area contributed by atoms with Crippen LogP contribution in [0.25, 0.3) is 0 Å². The first kappa shape index (κ1) is 16.0. The van der Waals surface area contributed by atoms with Crippen molar-refractivity contribution in [3.05, 3.63) is 29.6 Å². The maximum atomic E-state index is 12.3. The van der Waals surface area contributed by atoms with Crippen LogP contribution in [-0.2, 0) is 0 Å². The van der Waals surface area contributed by atoms with Crippen molar-refractivity contribution in [3.63, 3.8) is 0 Å². The van der Waals surface area contributed by atoms with Crippen LogP contribution in [-0.4, -0.2) is 28.9 Å². The van der Waals surface area contributed by atoms with Gasteiger partial charge in [0.1, 0.15) is 5.69 Å². The van der Waals surface area contributed by atoms with Crippen LogP contribution in [0, 0.1) is 0 Å². The molecule has 5 heteroatoms. The lowest BCUT2D eigenvalue weighted by molar-refractivity contribution is 0.0922. The quantitative estimate of drug-likeness (QED) is 0.897. The molecule has 124 valence electrons. The van der Waals surface area contributed by atoms with Crippen LogP contribution in [0.1, 0.15) is 78.6 Å². The molecule has 2 amide bonds. The van der Waals surface area contributed by atoms with E-state index in [0.29, 0.717) is 11.3 Å². The second-order valence-electron chi connectivity index (χ2n) is 6.69. The number of rotatable bonds is 4. The van der Waals surface area contributed by atoms with Crippen LogP contribution in [0.5, 0.6) is 0 Å². The van der Waals surface area contributed by atoms with Gasteiger partial charge in [-0.1, -0.05) is 32.1 Å². The highest BCUT2D eigenvalue weighted by Crippen LogP contribution is 2.19. The molecule has 0 atom stereocenters. The number of hydrogen-bond acceptors (Lipinski definition) is 3. The number of amides is 2. The average molecular weight is 315 g/mol. The van der Waals surface area contributed by atoms with Crippen molar-refractivity contribution < 1.29 is 9.59 Å². The second kappa shape index (κ2) is 7.57. The summed E-state index contributed by atoms with van der Waals surface area (Å²) in [5, 5.41) is 6.09. The fourth-order valence-corrected chi connectivity index (χ4v) is 3.54. The summed E-state index contributed by atoms with van der Waals surface area (Å²) >= 11 is 0. The molecule has 1 aromatic heterocycles. The van der Waals surface area contributed by atoms with Crippen molar-refractivity contribution in [2.75, 3.05) is 0 Å². The van der Waals surface area contributed by atoms with E-state index in [9.17, 15) is 9.59 Å². The van der Waals surface area contributed by atoms with Gasteiger partial charge in [-0.25, -0.2) is 0 Å². The number of aromatic nitrogens is 1. The minimum absolute atomic E-state index is 0.106. The largest absolute Gasteiger partial charge is 0.349 e. The Labute approximate surface area is 137 Å². The summed E-state index contributed by atoms with van der Waals surface area (Å²) in [5.41, 5.74) is 0.843. The summed E-state index contributed by atoms with van der Waals surface area (Å²) in [7, 11) is 0. The van der Waals surface area contributed by atoms with Gasteiger partial charge in [0.15, 0.2) is 0 Å². The maximum absolute atomic E-state index is 12.3. The molecule has 1 aromatic rings. The van der Waals surface area contributed by atoms with Gasteiger partial charge >= 0.3 is 0 Å². The van der Waals surface area contributed by atoms with Gasteiger partial charge in [0.05, 0.1) is 0 Å². The van der Waals surface area contributed by atoms with Crippen LogP contribution in [0.3, 0.4) is 0 Å². The third-order valence-corrected chi connectivity index (χ3v) is 4.89. The second-order valence-corrected chi connectivity index (χ2v) is 6.69. The van der Waals surface area contributed by atoms with Crippen LogP contribution >= 0.6 is 0 Å². The van der Waals surface area contributed by atoms with E-state index in [-0.39, 0.29) is 23.9 Å². The van der Waals surface area contributed by atoms with Crippen LogP contribution < -0.4 is 10.6 Å². The van der Waals surface area contributed by atoms with Crippen LogP contribution in [0.15, 0.2) is 18.3 Å². The highest BCUT2D eigenvalue weighted by Gasteiger charge is 2.20. The van der Waals surface area contributed by atoms with Gasteiger partial charge in [-0.3, -0.25) is 14.6 Å². The van der Waals surface area contributed by atoms with Crippen molar-refractivity contribution >= 4 is 11.8 Å². The molecular weight excluding hydrogens is 290 g/mol. The topological polar surface area (TPSA) is 71.1 Å². The lowest BCUT2D eigenvalue weighted by atomic mass is 9.95. The number of pyridine rings is 1. The summed E-state index contributed by atoms with van der Waals surface area (Å²) < 4.78 is 0. The Hall–Kier alpha value is -1.91. The molecule has 1 heterocycles. The van der Waals surface area contributed by atoms with Crippen molar-refractivity contribution in [1.29, 1.82) is 0 Å². The predicted molar refractivity (Wildman–Crippen MR) is 88.3 cm³/mol. The lowest BCUT2D eigenvalue weighted by Gasteiger charge is -2.22. The minimum atomic E-state index is -0.174. The molecule has 2 saturated carbocycles. The molecular formula is C18H25N3O2. The van der Waals surface area contributed by atoms with E-state index in [0.717, 1.165) is 25.7 Å². The van der Waals surface area contributed by atoms with Crippen LogP contribution in [0.4, 0.5) is 0 Å². The summed E-state index contributed by atoms with van der Waals surface area (Å²) in [6.07, 6.45) is 11.6. The molecule has 0 aliphatic heterocycles. The number of nitrogens with one attached hydrogen (secondary N) is 2. The summed E-state index contributed by atoms with van der Waals surface area (Å²) in [6.45, 7) is 0. The summed E-state index contributed by atoms with van der Waals surface area (Å²) in [5.74, 6) is -0.279. The van der Waals surface area contributed by atoms with E-state index >= 15 is 0 Å². The SMILES string of the molecule is O=C(NC1CCCC1)c1ccnc(C(=O)NC2CCCCC2)c1. The fraction of sp³-hybridized carbons (Fsp3) is 0.611.